The van der Waals surface area contributed by atoms with E-state index in [-0.39, 0.29) is 11.8 Å². The predicted octanol–water partition coefficient (Wildman–Crippen LogP) is 2.63. The van der Waals surface area contributed by atoms with Crippen LogP contribution in [-0.4, -0.2) is 44.1 Å². The van der Waals surface area contributed by atoms with Gasteiger partial charge >= 0.3 is 0 Å². The molecule has 2 heterocycles. The molecule has 4 heteroatoms. The van der Waals surface area contributed by atoms with Crippen LogP contribution in [-0.2, 0) is 11.2 Å². The topological polar surface area (TPSA) is 32.8 Å². The number of ether oxygens (including phenoxy) is 1. The summed E-state index contributed by atoms with van der Waals surface area (Å²) in [5.41, 5.74) is 3.51. The molecule has 0 aliphatic carbocycles. The van der Waals surface area contributed by atoms with Crippen LogP contribution in [0, 0.1) is 25.2 Å². The summed E-state index contributed by atoms with van der Waals surface area (Å²) in [6.45, 7) is 5.40. The molecule has 4 nitrogen and oxygen atoms in total. The fourth-order valence-corrected chi connectivity index (χ4v) is 3.93. The van der Waals surface area contributed by atoms with Gasteiger partial charge in [0.15, 0.2) is 0 Å². The van der Waals surface area contributed by atoms with E-state index in [2.05, 4.69) is 23.8 Å². The van der Waals surface area contributed by atoms with E-state index in [1.54, 1.807) is 7.11 Å². The van der Waals surface area contributed by atoms with Gasteiger partial charge in [-0.1, -0.05) is 12.0 Å². The third kappa shape index (κ3) is 3.14. The highest BCUT2D eigenvalue weighted by Gasteiger charge is 2.33. The zero-order chi connectivity index (χ0) is 17.1. The summed E-state index contributed by atoms with van der Waals surface area (Å²) >= 11 is 0. The summed E-state index contributed by atoms with van der Waals surface area (Å²) in [6, 6.07) is 4.07. The molecule has 0 aromatic heterocycles. The van der Waals surface area contributed by atoms with Gasteiger partial charge < -0.3 is 9.64 Å². The number of carbonyl (C=O) groups is 1. The molecule has 1 aromatic carbocycles. The Labute approximate surface area is 144 Å². The molecular weight excluding hydrogens is 300 g/mol. The highest BCUT2D eigenvalue weighted by Crippen LogP contribution is 2.39. The molecule has 2 aliphatic rings. The molecule has 1 fully saturated rings. The smallest absolute Gasteiger partial charge is 0.230 e. The molecule has 1 aromatic rings. The lowest BCUT2D eigenvalue weighted by atomic mass is 9.91. The quantitative estimate of drug-likeness (QED) is 0.801. The number of likely N-dealkylation sites (tertiary alicyclic amines) is 1. The van der Waals surface area contributed by atoms with E-state index < -0.39 is 0 Å². The van der Waals surface area contributed by atoms with Crippen molar-refractivity contribution in [2.45, 2.75) is 32.6 Å². The second kappa shape index (κ2) is 7.27. The van der Waals surface area contributed by atoms with Gasteiger partial charge in [-0.3, -0.25) is 9.69 Å². The monoisotopic (exact) mass is 326 g/mol. The molecule has 1 saturated heterocycles. The molecule has 0 bridgehead atoms. The second-order valence-corrected chi connectivity index (χ2v) is 6.76. The fraction of sp³-hybridized carbons (Fsp3) is 0.550. The largest absolute Gasteiger partial charge is 0.495 e. The Hall–Kier alpha value is -1.99. The minimum atomic E-state index is 0.0928. The van der Waals surface area contributed by atoms with E-state index in [0.717, 1.165) is 56.8 Å². The number of benzene rings is 1. The Morgan fingerprint density at radius 3 is 2.75 bits per heavy atom. The average molecular weight is 326 g/mol. The maximum absolute atomic E-state index is 13.2. The van der Waals surface area contributed by atoms with Crippen molar-refractivity contribution in [2.24, 2.45) is 5.92 Å². The number of carbonyl (C=O) groups excluding carboxylic acids is 1. The van der Waals surface area contributed by atoms with Crippen molar-refractivity contribution in [1.82, 2.24) is 4.90 Å². The van der Waals surface area contributed by atoms with Gasteiger partial charge in [-0.15, -0.1) is 6.42 Å². The highest BCUT2D eigenvalue weighted by atomic mass is 16.5. The summed E-state index contributed by atoms with van der Waals surface area (Å²) in [4.78, 5) is 17.4. The van der Waals surface area contributed by atoms with E-state index in [4.69, 9.17) is 11.2 Å². The van der Waals surface area contributed by atoms with Crippen LogP contribution in [0.5, 0.6) is 5.75 Å². The van der Waals surface area contributed by atoms with Gasteiger partial charge in [0.05, 0.1) is 19.3 Å². The molecule has 0 spiro atoms. The van der Waals surface area contributed by atoms with Crippen LogP contribution >= 0.6 is 0 Å². The van der Waals surface area contributed by atoms with Crippen molar-refractivity contribution in [3.05, 3.63) is 23.3 Å². The lowest BCUT2D eigenvalue weighted by Crippen LogP contribution is -2.44. The minimum Gasteiger partial charge on any atom is -0.495 e. The number of nitrogens with zero attached hydrogens (tertiary/aromatic N) is 2. The Morgan fingerprint density at radius 2 is 2.08 bits per heavy atom. The van der Waals surface area contributed by atoms with Crippen molar-refractivity contribution in [2.75, 3.05) is 38.2 Å². The summed E-state index contributed by atoms with van der Waals surface area (Å²) in [7, 11) is 1.68. The van der Waals surface area contributed by atoms with Crippen LogP contribution in [0.4, 0.5) is 5.69 Å². The SMILES string of the molecule is C#CCN1CCC(C(=O)N2CCCc3c(C)ccc(OC)c32)CC1. The zero-order valence-corrected chi connectivity index (χ0v) is 14.7. The van der Waals surface area contributed by atoms with E-state index in [9.17, 15) is 4.79 Å². The molecule has 128 valence electrons. The van der Waals surface area contributed by atoms with E-state index in [1.807, 2.05) is 11.0 Å². The van der Waals surface area contributed by atoms with Crippen molar-refractivity contribution in [1.29, 1.82) is 0 Å². The van der Waals surface area contributed by atoms with E-state index >= 15 is 0 Å². The minimum absolute atomic E-state index is 0.0928. The molecule has 0 radical (unpaired) electrons. The third-order valence-corrected chi connectivity index (χ3v) is 5.30. The van der Waals surface area contributed by atoms with Gasteiger partial charge in [-0.2, -0.15) is 0 Å². The molecule has 0 N–H and O–H groups in total. The van der Waals surface area contributed by atoms with Crippen molar-refractivity contribution < 1.29 is 9.53 Å². The number of hydrogen-bond acceptors (Lipinski definition) is 3. The molecule has 3 rings (SSSR count). The number of anilines is 1. The number of piperidine rings is 1. The fourth-order valence-electron chi connectivity index (χ4n) is 3.93. The first kappa shape index (κ1) is 16.9. The number of aryl methyl sites for hydroxylation is 1. The van der Waals surface area contributed by atoms with Crippen LogP contribution in [0.2, 0.25) is 0 Å². The lowest BCUT2D eigenvalue weighted by Gasteiger charge is -2.37. The number of amides is 1. The maximum atomic E-state index is 13.2. The molecule has 0 unspecified atom stereocenters. The van der Waals surface area contributed by atoms with Crippen LogP contribution in [0.1, 0.15) is 30.4 Å². The summed E-state index contributed by atoms with van der Waals surface area (Å²) in [6.07, 6.45) is 9.20. The third-order valence-electron chi connectivity index (χ3n) is 5.30. The van der Waals surface area contributed by atoms with Crippen LogP contribution in [0.3, 0.4) is 0 Å². The predicted molar refractivity (Wildman–Crippen MR) is 96.4 cm³/mol. The first-order valence-corrected chi connectivity index (χ1v) is 8.79. The van der Waals surface area contributed by atoms with Gasteiger partial charge in [0.25, 0.3) is 0 Å². The molecule has 1 amide bonds. The van der Waals surface area contributed by atoms with Gasteiger partial charge in [-0.05, 0) is 62.9 Å². The van der Waals surface area contributed by atoms with E-state index in [1.165, 1.54) is 11.1 Å². The number of rotatable bonds is 3. The summed E-state index contributed by atoms with van der Waals surface area (Å²) in [5.74, 6) is 3.85. The number of fused-ring (bicyclic) bond motifs is 1. The summed E-state index contributed by atoms with van der Waals surface area (Å²) in [5, 5.41) is 0. The van der Waals surface area contributed by atoms with Crippen molar-refractivity contribution in [3.8, 4) is 18.1 Å². The Kier molecular flexibility index (Phi) is 5.11. The normalized spacial score (nSPS) is 18.8. The van der Waals surface area contributed by atoms with Crippen LogP contribution < -0.4 is 9.64 Å². The maximum Gasteiger partial charge on any atom is 0.230 e. The first-order chi connectivity index (χ1) is 11.7. The van der Waals surface area contributed by atoms with Gasteiger partial charge in [-0.25, -0.2) is 0 Å². The van der Waals surface area contributed by atoms with Gasteiger partial charge in [0, 0.05) is 12.5 Å². The van der Waals surface area contributed by atoms with Crippen molar-refractivity contribution >= 4 is 11.6 Å². The zero-order valence-electron chi connectivity index (χ0n) is 14.7. The van der Waals surface area contributed by atoms with E-state index in [0.29, 0.717) is 6.54 Å². The number of hydrogen-bond donors (Lipinski definition) is 0. The van der Waals surface area contributed by atoms with Crippen molar-refractivity contribution in [3.63, 3.8) is 0 Å². The Balaban J connectivity index is 1.81. The van der Waals surface area contributed by atoms with Crippen LogP contribution in [0.25, 0.3) is 0 Å². The molecule has 0 atom stereocenters. The van der Waals surface area contributed by atoms with Gasteiger partial charge in [0.1, 0.15) is 5.75 Å². The number of terminal acetylenes is 1. The lowest BCUT2D eigenvalue weighted by molar-refractivity contribution is -0.123. The number of methoxy groups -OCH3 is 1. The molecular formula is C20H26N2O2. The highest BCUT2D eigenvalue weighted by molar-refractivity contribution is 5.98. The average Bonchev–Trinajstić information content (AvgIpc) is 2.62. The standard InChI is InChI=1S/C20H26N2O2/c1-4-11-21-13-9-16(10-14-21)20(23)22-12-5-6-17-15(2)7-8-18(24-3)19(17)22/h1,7-8,16H,5-6,9-14H2,2-3H3. The summed E-state index contributed by atoms with van der Waals surface area (Å²) < 4.78 is 5.56. The Morgan fingerprint density at radius 1 is 1.33 bits per heavy atom. The molecule has 0 saturated carbocycles. The second-order valence-electron chi connectivity index (χ2n) is 6.76. The molecule has 24 heavy (non-hydrogen) atoms. The Bertz CT molecular complexity index is 654. The van der Waals surface area contributed by atoms with Crippen LogP contribution in [0.15, 0.2) is 12.1 Å². The van der Waals surface area contributed by atoms with Gasteiger partial charge in [0.2, 0.25) is 5.91 Å². The first-order valence-electron chi connectivity index (χ1n) is 8.79. The molecule has 2 aliphatic heterocycles.